The fourth-order valence-electron chi connectivity index (χ4n) is 1.26. The third kappa shape index (κ3) is 5.08. The number of aliphatic hydroxyl groups excluding tert-OH is 1. The average molecular weight is 364 g/mol. The van der Waals surface area contributed by atoms with Crippen molar-refractivity contribution in [2.24, 2.45) is 0 Å². The Kier molecular flexibility index (Phi) is 8.09. The van der Waals surface area contributed by atoms with Crippen molar-refractivity contribution in [2.45, 2.75) is 13.8 Å². The number of non-ortho nitro benzene ring substituents is 1. The summed E-state index contributed by atoms with van der Waals surface area (Å²) in [5.41, 5.74) is -1.39. The molecular formula is C11H14BrN3O6. The Bertz CT molecular complexity index is 549. The maximum Gasteiger partial charge on any atom is 0.291 e. The van der Waals surface area contributed by atoms with Crippen molar-refractivity contribution in [1.29, 1.82) is 0 Å². The van der Waals surface area contributed by atoms with Crippen LogP contribution in [0.4, 0.5) is 11.4 Å². The molecule has 9 nitrogen and oxygen atoms in total. The second-order valence-electron chi connectivity index (χ2n) is 3.32. The summed E-state index contributed by atoms with van der Waals surface area (Å²) in [7, 11) is 0. The van der Waals surface area contributed by atoms with Crippen LogP contribution >= 0.6 is 15.9 Å². The largest absolute Gasteiger partial charge is 0.395 e. The zero-order valence-corrected chi connectivity index (χ0v) is 12.9. The minimum atomic E-state index is -0.833. The maximum atomic E-state index is 11.7. The molecule has 0 fully saturated rings. The topological polar surface area (TPSA) is 136 Å². The number of nitrogens with one attached hydrogen (secondary N) is 1. The quantitative estimate of drug-likeness (QED) is 0.606. The summed E-state index contributed by atoms with van der Waals surface area (Å²) in [6.45, 7) is 3.61. The molecule has 0 bridgehead atoms. The number of nitro groups is 2. The fourth-order valence-corrected chi connectivity index (χ4v) is 1.82. The summed E-state index contributed by atoms with van der Waals surface area (Å²) in [6, 6.07) is 1.68. The first-order valence-electron chi connectivity index (χ1n) is 5.90. The number of nitro benzene ring substituents is 2. The van der Waals surface area contributed by atoms with E-state index in [9.17, 15) is 25.0 Å². The SMILES string of the molecule is CC.O=C(NCCO)c1cc([N+](=O)[O-])cc([N+](=O)[O-])c1Br. The summed E-state index contributed by atoms with van der Waals surface area (Å²) in [5.74, 6) is -0.757. The lowest BCUT2D eigenvalue weighted by Crippen LogP contribution is -2.26. The van der Waals surface area contributed by atoms with Gasteiger partial charge in [-0.15, -0.1) is 0 Å². The maximum absolute atomic E-state index is 11.7. The molecule has 116 valence electrons. The van der Waals surface area contributed by atoms with Crippen molar-refractivity contribution >= 4 is 33.2 Å². The minimum Gasteiger partial charge on any atom is -0.395 e. The van der Waals surface area contributed by atoms with E-state index in [1.165, 1.54) is 0 Å². The highest BCUT2D eigenvalue weighted by Crippen LogP contribution is 2.33. The van der Waals surface area contributed by atoms with Gasteiger partial charge in [0, 0.05) is 12.6 Å². The second kappa shape index (κ2) is 8.97. The van der Waals surface area contributed by atoms with Gasteiger partial charge in [0.15, 0.2) is 0 Å². The van der Waals surface area contributed by atoms with Crippen molar-refractivity contribution in [3.8, 4) is 0 Å². The molecule has 0 heterocycles. The van der Waals surface area contributed by atoms with Gasteiger partial charge in [-0.25, -0.2) is 0 Å². The molecule has 0 aromatic heterocycles. The molecule has 1 aromatic rings. The van der Waals surface area contributed by atoms with Gasteiger partial charge in [-0.3, -0.25) is 25.0 Å². The number of halogens is 1. The van der Waals surface area contributed by atoms with Crippen LogP contribution in [0.3, 0.4) is 0 Å². The van der Waals surface area contributed by atoms with Gasteiger partial charge in [0.2, 0.25) is 0 Å². The zero-order valence-electron chi connectivity index (χ0n) is 11.3. The van der Waals surface area contributed by atoms with E-state index in [2.05, 4.69) is 21.2 Å². The van der Waals surface area contributed by atoms with E-state index in [0.717, 1.165) is 12.1 Å². The Balaban J connectivity index is 0.00000191. The van der Waals surface area contributed by atoms with Crippen LogP contribution in [0.2, 0.25) is 0 Å². The molecule has 0 aliphatic heterocycles. The molecule has 10 heteroatoms. The Morgan fingerprint density at radius 3 is 2.29 bits per heavy atom. The van der Waals surface area contributed by atoms with Crippen LogP contribution in [-0.2, 0) is 0 Å². The molecule has 0 aliphatic rings. The monoisotopic (exact) mass is 363 g/mol. The molecule has 21 heavy (non-hydrogen) atoms. The number of amides is 1. The number of hydrogen-bond acceptors (Lipinski definition) is 6. The smallest absolute Gasteiger partial charge is 0.291 e. The van der Waals surface area contributed by atoms with Crippen LogP contribution in [0.1, 0.15) is 24.2 Å². The summed E-state index contributed by atoms with van der Waals surface area (Å²) in [6.07, 6.45) is 0. The number of rotatable bonds is 5. The summed E-state index contributed by atoms with van der Waals surface area (Å²) >= 11 is 2.87. The summed E-state index contributed by atoms with van der Waals surface area (Å²) in [4.78, 5) is 31.5. The van der Waals surface area contributed by atoms with E-state index in [0.29, 0.717) is 0 Å². The van der Waals surface area contributed by atoms with Gasteiger partial charge in [0.25, 0.3) is 17.3 Å². The van der Waals surface area contributed by atoms with Gasteiger partial charge in [0.05, 0.1) is 28.1 Å². The van der Waals surface area contributed by atoms with Crippen LogP contribution in [0, 0.1) is 20.2 Å². The molecule has 0 aliphatic carbocycles. The molecular weight excluding hydrogens is 350 g/mol. The Morgan fingerprint density at radius 2 is 1.86 bits per heavy atom. The van der Waals surface area contributed by atoms with Gasteiger partial charge < -0.3 is 10.4 Å². The van der Waals surface area contributed by atoms with E-state index in [1.54, 1.807) is 0 Å². The lowest BCUT2D eigenvalue weighted by Gasteiger charge is -2.06. The first kappa shape index (κ1) is 18.9. The molecule has 0 saturated carbocycles. The van der Waals surface area contributed by atoms with Crippen molar-refractivity contribution in [3.63, 3.8) is 0 Å². The number of benzene rings is 1. The first-order chi connectivity index (χ1) is 9.88. The van der Waals surface area contributed by atoms with Gasteiger partial charge in [-0.2, -0.15) is 0 Å². The molecule has 2 N–H and O–H groups in total. The Labute approximate surface area is 128 Å². The molecule has 0 saturated heterocycles. The first-order valence-corrected chi connectivity index (χ1v) is 6.69. The summed E-state index contributed by atoms with van der Waals surface area (Å²) < 4.78 is -0.154. The highest BCUT2D eigenvalue weighted by atomic mass is 79.9. The van der Waals surface area contributed by atoms with Gasteiger partial charge in [-0.05, 0) is 15.9 Å². The average Bonchev–Trinajstić information content (AvgIpc) is 2.46. The van der Waals surface area contributed by atoms with Crippen LogP contribution < -0.4 is 5.32 Å². The van der Waals surface area contributed by atoms with Crippen molar-refractivity contribution in [2.75, 3.05) is 13.2 Å². The zero-order chi connectivity index (χ0) is 16.6. The van der Waals surface area contributed by atoms with Crippen LogP contribution in [0.5, 0.6) is 0 Å². The highest BCUT2D eigenvalue weighted by molar-refractivity contribution is 9.10. The lowest BCUT2D eigenvalue weighted by molar-refractivity contribution is -0.394. The number of hydrogen-bond donors (Lipinski definition) is 2. The molecule has 0 radical (unpaired) electrons. The minimum absolute atomic E-state index is 0.0677. The van der Waals surface area contributed by atoms with Gasteiger partial charge >= 0.3 is 0 Å². The highest BCUT2D eigenvalue weighted by Gasteiger charge is 2.25. The van der Waals surface area contributed by atoms with E-state index in [-0.39, 0.29) is 23.2 Å². The number of carbonyl (C=O) groups is 1. The lowest BCUT2D eigenvalue weighted by atomic mass is 10.1. The molecule has 0 atom stereocenters. The molecule has 0 spiro atoms. The second-order valence-corrected chi connectivity index (χ2v) is 4.11. The summed E-state index contributed by atoms with van der Waals surface area (Å²) in [5, 5.41) is 32.3. The standard InChI is InChI=1S/C9H8BrN3O6.C2H6/c10-8-6(9(15)11-1-2-14)3-5(12(16)17)4-7(8)13(18)19;1-2/h3-4,14H,1-2H2,(H,11,15);1-2H3. The van der Waals surface area contributed by atoms with Crippen LogP contribution in [0.25, 0.3) is 0 Å². The third-order valence-electron chi connectivity index (χ3n) is 2.09. The van der Waals surface area contributed by atoms with Crippen molar-refractivity contribution in [1.82, 2.24) is 5.32 Å². The predicted octanol–water partition coefficient (Wildman–Crippen LogP) is 2.01. The van der Waals surface area contributed by atoms with E-state index in [4.69, 9.17) is 5.11 Å². The van der Waals surface area contributed by atoms with E-state index < -0.39 is 27.1 Å². The van der Waals surface area contributed by atoms with Crippen molar-refractivity contribution in [3.05, 3.63) is 42.4 Å². The molecule has 1 amide bonds. The number of aliphatic hydroxyl groups is 1. The van der Waals surface area contributed by atoms with Gasteiger partial charge in [0.1, 0.15) is 4.47 Å². The number of nitrogens with zero attached hydrogens (tertiary/aromatic N) is 2. The number of carbonyl (C=O) groups excluding carboxylic acids is 1. The normalized spacial score (nSPS) is 9.33. The van der Waals surface area contributed by atoms with Crippen LogP contribution in [-0.4, -0.2) is 34.0 Å². The molecule has 1 rings (SSSR count). The third-order valence-corrected chi connectivity index (χ3v) is 2.92. The van der Waals surface area contributed by atoms with E-state index in [1.807, 2.05) is 13.8 Å². The Hall–Kier alpha value is -2.07. The fraction of sp³-hybridized carbons (Fsp3) is 0.364. The van der Waals surface area contributed by atoms with Crippen molar-refractivity contribution < 1.29 is 19.7 Å². The molecule has 1 aromatic carbocycles. The molecule has 0 unspecified atom stereocenters. The van der Waals surface area contributed by atoms with Gasteiger partial charge in [-0.1, -0.05) is 13.8 Å². The van der Waals surface area contributed by atoms with E-state index >= 15 is 0 Å². The Morgan fingerprint density at radius 1 is 1.29 bits per heavy atom. The van der Waals surface area contributed by atoms with Crippen LogP contribution in [0.15, 0.2) is 16.6 Å². The predicted molar refractivity (Wildman–Crippen MR) is 78.2 cm³/mol.